The summed E-state index contributed by atoms with van der Waals surface area (Å²) in [5, 5.41) is 16.0. The summed E-state index contributed by atoms with van der Waals surface area (Å²) in [6.07, 6.45) is 9.90. The van der Waals surface area contributed by atoms with Gasteiger partial charge in [0.1, 0.15) is 5.82 Å². The Morgan fingerprint density at radius 1 is 1.23 bits per heavy atom. The molecule has 2 aliphatic rings. The number of aliphatic hydroxyl groups excluding tert-OH is 1. The largest absolute Gasteiger partial charge is 0.393 e. The molecule has 2 fully saturated rings. The predicted octanol–water partition coefficient (Wildman–Crippen LogP) is 2.40. The number of piperidine rings is 1. The molecule has 2 heterocycles. The Kier molecular flexibility index (Phi) is 6.86. The summed E-state index contributed by atoms with van der Waals surface area (Å²) >= 11 is 0. The maximum Gasteiger partial charge on any atom is 0.252 e. The average Bonchev–Trinajstić information content (AvgIpc) is 2.66. The highest BCUT2D eigenvalue weighted by Crippen LogP contribution is 2.21. The topological polar surface area (TPSA) is 77.5 Å². The highest BCUT2D eigenvalue weighted by Gasteiger charge is 2.20. The summed E-state index contributed by atoms with van der Waals surface area (Å²) in [7, 11) is 2.17. The fourth-order valence-corrected chi connectivity index (χ4v) is 4.01. The van der Waals surface area contributed by atoms with Crippen molar-refractivity contribution in [2.24, 2.45) is 0 Å². The molecule has 26 heavy (non-hydrogen) atoms. The van der Waals surface area contributed by atoms with Crippen molar-refractivity contribution in [1.82, 2.24) is 15.2 Å². The molecule has 0 aromatic carbocycles. The predicted molar refractivity (Wildman–Crippen MR) is 103 cm³/mol. The SMILES string of the molecule is CN1CCCCC1CCNC(=O)c1ccc(NC2CCC(O)CC2)nc1. The third-order valence-corrected chi connectivity index (χ3v) is 5.76. The molecular formula is C20H32N4O2. The lowest BCUT2D eigenvalue weighted by Crippen LogP contribution is -2.39. The zero-order valence-corrected chi connectivity index (χ0v) is 15.8. The number of aliphatic hydroxyl groups is 1. The molecule has 1 saturated heterocycles. The first kappa shape index (κ1) is 19.1. The number of likely N-dealkylation sites (tertiary alicyclic amines) is 1. The van der Waals surface area contributed by atoms with E-state index >= 15 is 0 Å². The van der Waals surface area contributed by atoms with Crippen molar-refractivity contribution in [3.8, 4) is 0 Å². The Hall–Kier alpha value is -1.66. The molecule has 6 heteroatoms. The number of amides is 1. The van der Waals surface area contributed by atoms with E-state index in [0.29, 0.717) is 24.2 Å². The smallest absolute Gasteiger partial charge is 0.252 e. The van der Waals surface area contributed by atoms with Crippen LogP contribution >= 0.6 is 0 Å². The van der Waals surface area contributed by atoms with Gasteiger partial charge in [-0.05, 0) is 70.7 Å². The molecule has 0 spiro atoms. The number of carbonyl (C=O) groups is 1. The standard InChI is InChI=1S/C20H32N4O2/c1-24-13-3-2-4-17(24)11-12-21-20(26)15-5-10-19(22-14-15)23-16-6-8-18(25)9-7-16/h5,10,14,16-18,25H,2-4,6-9,11-13H2,1H3,(H,21,26)(H,22,23). The number of pyridine rings is 1. The monoisotopic (exact) mass is 360 g/mol. The van der Waals surface area contributed by atoms with E-state index in [4.69, 9.17) is 0 Å². The molecular weight excluding hydrogens is 328 g/mol. The molecule has 0 radical (unpaired) electrons. The highest BCUT2D eigenvalue weighted by molar-refractivity contribution is 5.94. The lowest BCUT2D eigenvalue weighted by Gasteiger charge is -2.32. The highest BCUT2D eigenvalue weighted by atomic mass is 16.3. The van der Waals surface area contributed by atoms with E-state index < -0.39 is 0 Å². The normalized spacial score (nSPS) is 27.1. The van der Waals surface area contributed by atoms with Crippen LogP contribution in [0, 0.1) is 0 Å². The molecule has 1 unspecified atom stereocenters. The van der Waals surface area contributed by atoms with Crippen molar-refractivity contribution in [3.05, 3.63) is 23.9 Å². The Labute approximate surface area is 156 Å². The third kappa shape index (κ3) is 5.42. The van der Waals surface area contributed by atoms with Crippen molar-refractivity contribution in [2.75, 3.05) is 25.5 Å². The zero-order chi connectivity index (χ0) is 18.4. The molecule has 1 aliphatic heterocycles. The second-order valence-corrected chi connectivity index (χ2v) is 7.76. The maximum absolute atomic E-state index is 12.3. The molecule has 144 valence electrons. The third-order valence-electron chi connectivity index (χ3n) is 5.76. The second-order valence-electron chi connectivity index (χ2n) is 7.76. The van der Waals surface area contributed by atoms with Gasteiger partial charge in [0.2, 0.25) is 0 Å². The van der Waals surface area contributed by atoms with Crippen LogP contribution in [0.5, 0.6) is 0 Å². The lowest BCUT2D eigenvalue weighted by molar-refractivity contribution is 0.0945. The average molecular weight is 361 g/mol. The van der Waals surface area contributed by atoms with Crippen LogP contribution in [-0.2, 0) is 0 Å². The van der Waals surface area contributed by atoms with Gasteiger partial charge in [0.05, 0.1) is 11.7 Å². The van der Waals surface area contributed by atoms with Crippen LogP contribution in [0.1, 0.15) is 61.7 Å². The minimum absolute atomic E-state index is 0.0525. The van der Waals surface area contributed by atoms with E-state index in [0.717, 1.165) is 44.5 Å². The van der Waals surface area contributed by atoms with Gasteiger partial charge in [-0.15, -0.1) is 0 Å². The number of rotatable bonds is 6. The van der Waals surface area contributed by atoms with E-state index in [1.165, 1.54) is 19.3 Å². The van der Waals surface area contributed by atoms with Gasteiger partial charge in [0.25, 0.3) is 5.91 Å². The molecule has 3 N–H and O–H groups in total. The molecule has 0 bridgehead atoms. The minimum Gasteiger partial charge on any atom is -0.393 e. The van der Waals surface area contributed by atoms with Gasteiger partial charge in [-0.25, -0.2) is 4.98 Å². The number of nitrogens with zero attached hydrogens (tertiary/aromatic N) is 2. The molecule has 6 nitrogen and oxygen atoms in total. The lowest BCUT2D eigenvalue weighted by atomic mass is 9.93. The quantitative estimate of drug-likeness (QED) is 0.726. The Balaban J connectivity index is 1.41. The summed E-state index contributed by atoms with van der Waals surface area (Å²) < 4.78 is 0. The molecule has 1 atom stereocenters. The Bertz CT molecular complexity index is 570. The van der Waals surface area contributed by atoms with Gasteiger partial charge in [-0.3, -0.25) is 4.79 Å². The van der Waals surface area contributed by atoms with Crippen LogP contribution in [0.2, 0.25) is 0 Å². The summed E-state index contributed by atoms with van der Waals surface area (Å²) in [5.41, 5.74) is 0.603. The van der Waals surface area contributed by atoms with E-state index in [1.807, 2.05) is 12.1 Å². The minimum atomic E-state index is -0.152. The van der Waals surface area contributed by atoms with E-state index in [9.17, 15) is 9.90 Å². The van der Waals surface area contributed by atoms with Crippen molar-refractivity contribution in [3.63, 3.8) is 0 Å². The number of hydrogen-bond acceptors (Lipinski definition) is 5. The summed E-state index contributed by atoms with van der Waals surface area (Å²) in [5.74, 6) is 0.745. The summed E-state index contributed by atoms with van der Waals surface area (Å²) in [6.45, 7) is 1.87. The number of nitrogens with one attached hydrogen (secondary N) is 2. The van der Waals surface area contributed by atoms with Crippen LogP contribution in [0.3, 0.4) is 0 Å². The summed E-state index contributed by atoms with van der Waals surface area (Å²) in [6, 6.07) is 4.64. The molecule has 1 saturated carbocycles. The number of aromatic nitrogens is 1. The Morgan fingerprint density at radius 3 is 2.73 bits per heavy atom. The van der Waals surface area contributed by atoms with Gasteiger partial charge in [0, 0.05) is 24.8 Å². The fraction of sp³-hybridized carbons (Fsp3) is 0.700. The molecule has 1 aromatic rings. The van der Waals surface area contributed by atoms with Crippen LogP contribution < -0.4 is 10.6 Å². The van der Waals surface area contributed by atoms with Crippen molar-refractivity contribution < 1.29 is 9.90 Å². The molecule has 1 amide bonds. The van der Waals surface area contributed by atoms with Gasteiger partial charge in [-0.1, -0.05) is 6.42 Å². The Morgan fingerprint density at radius 2 is 2.04 bits per heavy atom. The van der Waals surface area contributed by atoms with Gasteiger partial charge >= 0.3 is 0 Å². The van der Waals surface area contributed by atoms with Gasteiger partial charge < -0.3 is 20.6 Å². The van der Waals surface area contributed by atoms with Crippen molar-refractivity contribution in [1.29, 1.82) is 0 Å². The fourth-order valence-electron chi connectivity index (χ4n) is 4.01. The van der Waals surface area contributed by atoms with E-state index in [-0.39, 0.29) is 12.0 Å². The van der Waals surface area contributed by atoms with E-state index in [2.05, 4.69) is 27.6 Å². The number of carbonyl (C=O) groups excluding carboxylic acids is 1. The molecule has 3 rings (SSSR count). The molecule has 1 aliphatic carbocycles. The number of hydrogen-bond donors (Lipinski definition) is 3. The summed E-state index contributed by atoms with van der Waals surface area (Å²) in [4.78, 5) is 19.1. The van der Waals surface area contributed by atoms with Crippen molar-refractivity contribution in [2.45, 2.75) is 69.6 Å². The number of anilines is 1. The molecule has 1 aromatic heterocycles. The van der Waals surface area contributed by atoms with E-state index in [1.54, 1.807) is 6.20 Å². The van der Waals surface area contributed by atoms with Crippen LogP contribution in [-0.4, -0.2) is 59.2 Å². The van der Waals surface area contributed by atoms with Crippen LogP contribution in [0.4, 0.5) is 5.82 Å². The van der Waals surface area contributed by atoms with Crippen LogP contribution in [0.15, 0.2) is 18.3 Å². The van der Waals surface area contributed by atoms with Gasteiger partial charge in [0.15, 0.2) is 0 Å². The maximum atomic E-state index is 12.3. The first-order chi connectivity index (χ1) is 12.6. The first-order valence-electron chi connectivity index (χ1n) is 10.0. The second kappa shape index (κ2) is 9.33. The van der Waals surface area contributed by atoms with Gasteiger partial charge in [-0.2, -0.15) is 0 Å². The van der Waals surface area contributed by atoms with Crippen LogP contribution in [0.25, 0.3) is 0 Å². The zero-order valence-electron chi connectivity index (χ0n) is 15.8. The first-order valence-corrected chi connectivity index (χ1v) is 10.0. The van der Waals surface area contributed by atoms with Crippen molar-refractivity contribution >= 4 is 11.7 Å².